The highest BCUT2D eigenvalue weighted by Gasteiger charge is 2.51. The maximum atomic E-state index is 13.2. The van der Waals surface area contributed by atoms with Crippen molar-refractivity contribution < 1.29 is 18.8 Å². The Labute approximate surface area is 152 Å². The zero-order valence-corrected chi connectivity index (χ0v) is 15.1. The highest BCUT2D eigenvalue weighted by atomic mass is 19.1. The van der Waals surface area contributed by atoms with E-state index < -0.39 is 23.3 Å². The Balaban J connectivity index is 1.79. The molecule has 2 heterocycles. The largest absolute Gasteiger partial charge is 0.341 e. The second-order valence-corrected chi connectivity index (χ2v) is 7.17. The van der Waals surface area contributed by atoms with Gasteiger partial charge in [0, 0.05) is 13.1 Å². The molecule has 2 aliphatic heterocycles. The van der Waals surface area contributed by atoms with Crippen LogP contribution in [-0.4, -0.2) is 47.3 Å². The number of hydrogen-bond acceptors (Lipinski definition) is 3. The van der Waals surface area contributed by atoms with Crippen LogP contribution in [0.1, 0.15) is 38.7 Å². The molecule has 4 amide bonds. The number of nitrogens with zero attached hydrogens (tertiary/aromatic N) is 2. The molecule has 0 spiro atoms. The molecule has 0 aromatic heterocycles. The van der Waals surface area contributed by atoms with E-state index in [2.05, 4.69) is 12.2 Å². The van der Waals surface area contributed by atoms with Crippen LogP contribution in [-0.2, 0) is 15.1 Å². The minimum atomic E-state index is -1.25. The number of carbonyl (C=O) groups is 3. The monoisotopic (exact) mass is 361 g/mol. The average Bonchev–Trinajstić information content (AvgIpc) is 2.87. The highest BCUT2D eigenvalue weighted by Crippen LogP contribution is 2.32. The summed E-state index contributed by atoms with van der Waals surface area (Å²) in [4.78, 5) is 40.7. The van der Waals surface area contributed by atoms with E-state index in [1.807, 2.05) is 0 Å². The molecule has 0 radical (unpaired) electrons. The Morgan fingerprint density at radius 2 is 2.00 bits per heavy atom. The summed E-state index contributed by atoms with van der Waals surface area (Å²) >= 11 is 0. The topological polar surface area (TPSA) is 69.7 Å². The molecule has 2 atom stereocenters. The molecular weight excluding hydrogens is 337 g/mol. The fraction of sp³-hybridized carbons (Fsp3) is 0.526. The fourth-order valence-corrected chi connectivity index (χ4v) is 3.79. The van der Waals surface area contributed by atoms with Gasteiger partial charge >= 0.3 is 6.03 Å². The molecule has 0 unspecified atom stereocenters. The van der Waals surface area contributed by atoms with Gasteiger partial charge in [-0.3, -0.25) is 14.5 Å². The van der Waals surface area contributed by atoms with Gasteiger partial charge in [-0.1, -0.05) is 26.0 Å². The first-order valence-electron chi connectivity index (χ1n) is 9.05. The number of halogens is 1. The lowest BCUT2D eigenvalue weighted by molar-refractivity contribution is -0.140. The van der Waals surface area contributed by atoms with Gasteiger partial charge in [0.1, 0.15) is 17.9 Å². The SMILES string of the molecule is CC[C@@]1(c2ccc(F)cc2)NC(=O)N(CC(=O)N2CCC[C@H](C)C2)C1=O. The van der Waals surface area contributed by atoms with Crippen molar-refractivity contribution in [1.29, 1.82) is 0 Å². The number of imide groups is 1. The quantitative estimate of drug-likeness (QED) is 0.836. The molecule has 0 aliphatic carbocycles. The third-order valence-electron chi connectivity index (χ3n) is 5.35. The normalized spacial score (nSPS) is 26.2. The average molecular weight is 361 g/mol. The summed E-state index contributed by atoms with van der Waals surface area (Å²) < 4.78 is 13.2. The zero-order valence-electron chi connectivity index (χ0n) is 15.1. The van der Waals surface area contributed by atoms with Crippen molar-refractivity contribution in [3.63, 3.8) is 0 Å². The smallest absolute Gasteiger partial charge is 0.325 e. The van der Waals surface area contributed by atoms with Crippen molar-refractivity contribution in [2.45, 2.75) is 38.6 Å². The molecule has 1 aromatic rings. The van der Waals surface area contributed by atoms with Gasteiger partial charge in [-0.25, -0.2) is 9.18 Å². The molecule has 1 aromatic carbocycles. The van der Waals surface area contributed by atoms with Crippen LogP contribution in [0.3, 0.4) is 0 Å². The van der Waals surface area contributed by atoms with Gasteiger partial charge in [-0.2, -0.15) is 0 Å². The van der Waals surface area contributed by atoms with E-state index in [9.17, 15) is 18.8 Å². The van der Waals surface area contributed by atoms with E-state index >= 15 is 0 Å². The maximum absolute atomic E-state index is 13.2. The predicted molar refractivity (Wildman–Crippen MR) is 93.6 cm³/mol. The van der Waals surface area contributed by atoms with E-state index in [-0.39, 0.29) is 12.5 Å². The molecule has 140 valence electrons. The maximum Gasteiger partial charge on any atom is 0.325 e. The minimum absolute atomic E-state index is 0.217. The first-order valence-corrected chi connectivity index (χ1v) is 9.05. The molecule has 2 aliphatic rings. The van der Waals surface area contributed by atoms with Crippen molar-refractivity contribution in [3.8, 4) is 0 Å². The summed E-state index contributed by atoms with van der Waals surface area (Å²) in [5, 5.41) is 2.71. The third kappa shape index (κ3) is 3.18. The summed E-state index contributed by atoms with van der Waals surface area (Å²) in [7, 11) is 0. The molecule has 0 bridgehead atoms. The number of piperidine rings is 1. The Morgan fingerprint density at radius 3 is 2.62 bits per heavy atom. The van der Waals surface area contributed by atoms with Gasteiger partial charge in [-0.05, 0) is 42.9 Å². The number of hydrogen-bond donors (Lipinski definition) is 1. The fourth-order valence-electron chi connectivity index (χ4n) is 3.79. The van der Waals surface area contributed by atoms with E-state index in [1.165, 1.54) is 24.3 Å². The van der Waals surface area contributed by atoms with Crippen LogP contribution in [0.15, 0.2) is 24.3 Å². The number of nitrogens with one attached hydrogen (secondary N) is 1. The van der Waals surface area contributed by atoms with Crippen LogP contribution >= 0.6 is 0 Å². The standard InChI is InChI=1S/C19H24FN3O3/c1-3-19(14-6-8-15(20)9-7-14)17(25)23(18(26)21-19)12-16(24)22-10-4-5-13(2)11-22/h6-9,13H,3-5,10-12H2,1-2H3,(H,21,26)/t13-,19-/m0/s1. The van der Waals surface area contributed by atoms with Gasteiger partial charge in [0.25, 0.3) is 5.91 Å². The number of rotatable bonds is 4. The van der Waals surface area contributed by atoms with E-state index in [0.717, 1.165) is 17.7 Å². The van der Waals surface area contributed by atoms with E-state index in [0.29, 0.717) is 31.0 Å². The van der Waals surface area contributed by atoms with Crippen LogP contribution in [0.25, 0.3) is 0 Å². The van der Waals surface area contributed by atoms with E-state index in [4.69, 9.17) is 0 Å². The molecule has 7 heteroatoms. The molecular formula is C19H24FN3O3. The van der Waals surface area contributed by atoms with Gasteiger partial charge in [0.2, 0.25) is 5.91 Å². The molecule has 26 heavy (non-hydrogen) atoms. The summed E-state index contributed by atoms with van der Waals surface area (Å²) in [6.07, 6.45) is 2.33. The predicted octanol–water partition coefficient (Wildman–Crippen LogP) is 2.24. The number of benzene rings is 1. The second-order valence-electron chi connectivity index (χ2n) is 7.17. The van der Waals surface area contributed by atoms with Crippen molar-refractivity contribution in [2.24, 2.45) is 5.92 Å². The molecule has 2 saturated heterocycles. The first kappa shape index (κ1) is 18.4. The van der Waals surface area contributed by atoms with Crippen LogP contribution < -0.4 is 5.32 Å². The summed E-state index contributed by atoms with van der Waals surface area (Å²) in [6, 6.07) is 4.92. The number of carbonyl (C=O) groups excluding carboxylic acids is 3. The van der Waals surface area contributed by atoms with Gasteiger partial charge < -0.3 is 10.2 Å². The van der Waals surface area contributed by atoms with E-state index in [1.54, 1.807) is 11.8 Å². The second kappa shape index (κ2) is 7.05. The van der Waals surface area contributed by atoms with Gasteiger partial charge in [0.05, 0.1) is 0 Å². The molecule has 1 N–H and O–H groups in total. The summed E-state index contributed by atoms with van der Waals surface area (Å²) in [5.41, 5.74) is -0.735. The number of likely N-dealkylation sites (tertiary alicyclic amines) is 1. The number of amides is 4. The lowest BCUT2D eigenvalue weighted by Gasteiger charge is -2.32. The van der Waals surface area contributed by atoms with Crippen molar-refractivity contribution in [1.82, 2.24) is 15.1 Å². The van der Waals surface area contributed by atoms with Crippen LogP contribution in [0.4, 0.5) is 9.18 Å². The highest BCUT2D eigenvalue weighted by molar-refractivity contribution is 6.09. The number of urea groups is 1. The van der Waals surface area contributed by atoms with Crippen molar-refractivity contribution in [2.75, 3.05) is 19.6 Å². The molecule has 0 saturated carbocycles. The van der Waals surface area contributed by atoms with Crippen LogP contribution in [0, 0.1) is 11.7 Å². The Kier molecular flexibility index (Phi) is 4.98. The van der Waals surface area contributed by atoms with Crippen molar-refractivity contribution in [3.05, 3.63) is 35.6 Å². The lowest BCUT2D eigenvalue weighted by Crippen LogP contribution is -2.47. The zero-order chi connectivity index (χ0) is 18.9. The summed E-state index contributed by atoms with van der Waals surface area (Å²) in [5.74, 6) is -0.672. The van der Waals surface area contributed by atoms with Crippen LogP contribution in [0.5, 0.6) is 0 Å². The Bertz CT molecular complexity index is 721. The van der Waals surface area contributed by atoms with Crippen LogP contribution in [0.2, 0.25) is 0 Å². The Morgan fingerprint density at radius 1 is 1.31 bits per heavy atom. The minimum Gasteiger partial charge on any atom is -0.341 e. The lowest BCUT2D eigenvalue weighted by atomic mass is 9.87. The Hall–Kier alpha value is -2.44. The van der Waals surface area contributed by atoms with Gasteiger partial charge in [0.15, 0.2) is 0 Å². The molecule has 2 fully saturated rings. The van der Waals surface area contributed by atoms with Gasteiger partial charge in [-0.15, -0.1) is 0 Å². The first-order chi connectivity index (χ1) is 12.4. The molecule has 3 rings (SSSR count). The summed E-state index contributed by atoms with van der Waals surface area (Å²) in [6.45, 7) is 4.91. The third-order valence-corrected chi connectivity index (χ3v) is 5.35. The van der Waals surface area contributed by atoms with Crippen molar-refractivity contribution >= 4 is 17.8 Å². The molecule has 6 nitrogen and oxygen atoms in total.